The monoisotopic (exact) mass is 617 g/mol. The van der Waals surface area contributed by atoms with Crippen molar-refractivity contribution < 1.29 is 22.7 Å². The van der Waals surface area contributed by atoms with Crippen molar-refractivity contribution in [2.24, 2.45) is 0 Å². The minimum absolute atomic E-state index is 0.0000136. The molecule has 180 valence electrons. The van der Waals surface area contributed by atoms with Crippen LogP contribution in [-0.2, 0) is 24.3 Å². The first-order valence-electron chi connectivity index (χ1n) is 10.3. The van der Waals surface area contributed by atoms with E-state index < -0.39 is 16.1 Å². The number of rotatable bonds is 12. The molecule has 0 aliphatic carbocycles. The largest absolute Gasteiger partial charge is 0.378 e. The van der Waals surface area contributed by atoms with Crippen LogP contribution in [0.25, 0.3) is 5.57 Å². The number of allylic oxidation sites excluding steroid dienone is 1. The van der Waals surface area contributed by atoms with E-state index in [1.54, 1.807) is 17.0 Å². The Labute approximate surface area is 212 Å². The number of amides is 1. The first-order chi connectivity index (χ1) is 15.2. The molecular weight excluding hydrogens is 589 g/mol. The van der Waals surface area contributed by atoms with Gasteiger partial charge in [-0.05, 0) is 44.0 Å². The summed E-state index contributed by atoms with van der Waals surface area (Å²) in [5, 5.41) is 4.32. The van der Waals surface area contributed by atoms with E-state index in [1.165, 1.54) is 18.3 Å². The number of carbonyl (C=O) groups is 2. The molecule has 12 heteroatoms. The molecular formula is C20H29ClIN3O5S2. The molecule has 1 saturated heterocycles. The minimum Gasteiger partial charge on any atom is -0.378 e. The van der Waals surface area contributed by atoms with E-state index in [-0.39, 0.29) is 24.2 Å². The van der Waals surface area contributed by atoms with Crippen molar-refractivity contribution in [2.75, 3.05) is 37.3 Å². The molecule has 1 amide bonds. The molecule has 8 nitrogen and oxygen atoms in total. The number of ether oxygens (including phenoxy) is 1. The molecule has 0 saturated carbocycles. The fourth-order valence-electron chi connectivity index (χ4n) is 3.22. The third kappa shape index (κ3) is 8.65. The molecule has 2 rings (SSSR count). The zero-order chi connectivity index (χ0) is 23.7. The Balaban J connectivity index is 1.98. The van der Waals surface area contributed by atoms with Crippen molar-refractivity contribution >= 4 is 72.8 Å². The maximum atomic E-state index is 12.7. The van der Waals surface area contributed by atoms with Crippen molar-refractivity contribution in [2.45, 2.75) is 38.8 Å². The molecule has 2 heterocycles. The topological polar surface area (TPSA) is 105 Å². The molecule has 0 bridgehead atoms. The maximum absolute atomic E-state index is 12.7. The lowest BCUT2D eigenvalue weighted by Crippen LogP contribution is -2.51. The highest BCUT2D eigenvalue weighted by Gasteiger charge is 2.26. The van der Waals surface area contributed by atoms with Crippen molar-refractivity contribution in [3.05, 3.63) is 26.8 Å². The number of nitrogens with one attached hydrogen (secondary N) is 2. The number of thiophene rings is 1. The number of sulfonamides is 1. The molecule has 2 N–H and O–H groups in total. The molecule has 1 aliphatic rings. The van der Waals surface area contributed by atoms with Gasteiger partial charge in [-0.2, -0.15) is 0 Å². The molecule has 0 unspecified atom stereocenters. The van der Waals surface area contributed by atoms with Crippen molar-refractivity contribution in [3.63, 3.8) is 0 Å². The van der Waals surface area contributed by atoms with Crippen LogP contribution in [0.2, 0.25) is 4.34 Å². The normalized spacial score (nSPS) is 17.2. The van der Waals surface area contributed by atoms with E-state index in [4.69, 9.17) is 16.3 Å². The highest BCUT2D eigenvalue weighted by atomic mass is 127. The second kappa shape index (κ2) is 13.4. The summed E-state index contributed by atoms with van der Waals surface area (Å²) in [5.74, 6) is -0.286. The number of nitrogens with zero attached hydrogens (tertiary/aromatic N) is 1. The minimum atomic E-state index is -3.86. The molecule has 0 aromatic carbocycles. The van der Waals surface area contributed by atoms with Gasteiger partial charge in [-0.15, -0.1) is 11.3 Å². The zero-order valence-electron chi connectivity index (χ0n) is 18.1. The van der Waals surface area contributed by atoms with Crippen LogP contribution in [0.5, 0.6) is 0 Å². The predicted molar refractivity (Wildman–Crippen MR) is 137 cm³/mol. The number of hydrogen-bond acceptors (Lipinski definition) is 7. The Bertz CT molecular complexity index is 916. The van der Waals surface area contributed by atoms with Gasteiger partial charge in [0.2, 0.25) is 15.9 Å². The highest BCUT2D eigenvalue weighted by Crippen LogP contribution is 2.29. The van der Waals surface area contributed by atoms with Gasteiger partial charge >= 0.3 is 0 Å². The van der Waals surface area contributed by atoms with Crippen LogP contribution in [0.3, 0.4) is 0 Å². The standard InChI is InChI=1S/C20H29ClIN3O5S2/c1-3-16(20(27)25-8-10-30-11-9-25)23-7-6-17(14(2)26)24-32(28,29)13-15(12-22)18-4-5-19(21)31-18/h4-5,13,16-17,23-24H,3,6-12H2,1-2H3/b15-13+/t16-,17-/m0/s1. The quantitative estimate of drug-likeness (QED) is 0.276. The van der Waals surface area contributed by atoms with E-state index in [0.717, 1.165) is 10.3 Å². The third-order valence-electron chi connectivity index (χ3n) is 4.98. The Kier molecular flexibility index (Phi) is 11.5. The summed E-state index contributed by atoms with van der Waals surface area (Å²) in [4.78, 5) is 27.3. The third-order valence-corrected chi connectivity index (χ3v) is 8.32. The number of carbonyl (C=O) groups excluding carboxylic acids is 2. The summed E-state index contributed by atoms with van der Waals surface area (Å²) < 4.78 is 34.2. The van der Waals surface area contributed by atoms with Crippen LogP contribution < -0.4 is 10.0 Å². The predicted octanol–water partition coefficient (Wildman–Crippen LogP) is 2.67. The zero-order valence-corrected chi connectivity index (χ0v) is 22.7. The summed E-state index contributed by atoms with van der Waals surface area (Å²) in [6.07, 6.45) is 0.831. The maximum Gasteiger partial charge on any atom is 0.239 e. The van der Waals surface area contributed by atoms with Crippen LogP contribution >= 0.6 is 45.5 Å². The fourth-order valence-corrected chi connectivity index (χ4v) is 6.87. The Hall–Kier alpha value is -0.570. The lowest BCUT2D eigenvalue weighted by molar-refractivity contribution is -0.137. The Morgan fingerprint density at radius 1 is 1.31 bits per heavy atom. The van der Waals surface area contributed by atoms with E-state index in [0.29, 0.717) is 53.6 Å². The molecule has 1 aromatic heterocycles. The van der Waals surface area contributed by atoms with E-state index in [9.17, 15) is 18.0 Å². The van der Waals surface area contributed by atoms with Gasteiger partial charge < -0.3 is 15.0 Å². The second-order valence-corrected chi connectivity index (χ2v) is 11.4. The van der Waals surface area contributed by atoms with Gasteiger partial charge in [0.1, 0.15) is 5.78 Å². The lowest BCUT2D eigenvalue weighted by Gasteiger charge is -2.30. The lowest BCUT2D eigenvalue weighted by atomic mass is 10.1. The van der Waals surface area contributed by atoms with Gasteiger partial charge in [-0.1, -0.05) is 41.1 Å². The van der Waals surface area contributed by atoms with Gasteiger partial charge in [0.05, 0.1) is 35.0 Å². The average molecular weight is 618 g/mol. The van der Waals surface area contributed by atoms with Crippen LogP contribution in [-0.4, -0.2) is 74.4 Å². The summed E-state index contributed by atoms with van der Waals surface area (Å²) >= 11 is 9.35. The fraction of sp³-hybridized carbons (Fsp3) is 0.600. The van der Waals surface area contributed by atoms with E-state index in [1.807, 2.05) is 6.92 Å². The van der Waals surface area contributed by atoms with E-state index in [2.05, 4.69) is 32.6 Å². The first kappa shape index (κ1) is 27.7. The van der Waals surface area contributed by atoms with Crippen LogP contribution in [0, 0.1) is 0 Å². The number of halogens is 2. The summed E-state index contributed by atoms with van der Waals surface area (Å²) in [5.41, 5.74) is 0.609. The smallest absolute Gasteiger partial charge is 0.239 e. The molecule has 2 atom stereocenters. The Morgan fingerprint density at radius 3 is 2.53 bits per heavy atom. The second-order valence-electron chi connectivity index (χ2n) is 7.35. The van der Waals surface area contributed by atoms with Crippen LogP contribution in [0.15, 0.2) is 17.5 Å². The van der Waals surface area contributed by atoms with Crippen LogP contribution in [0.1, 0.15) is 31.6 Å². The van der Waals surface area contributed by atoms with Crippen molar-refractivity contribution in [1.29, 1.82) is 0 Å². The number of morpholine rings is 1. The molecule has 32 heavy (non-hydrogen) atoms. The van der Waals surface area contributed by atoms with Crippen LogP contribution in [0.4, 0.5) is 0 Å². The highest BCUT2D eigenvalue weighted by molar-refractivity contribution is 14.1. The summed E-state index contributed by atoms with van der Waals surface area (Å²) in [7, 11) is -3.86. The van der Waals surface area contributed by atoms with Gasteiger partial charge in [0, 0.05) is 22.4 Å². The van der Waals surface area contributed by atoms with Gasteiger partial charge in [0.15, 0.2) is 0 Å². The first-order valence-corrected chi connectivity index (χ1v) is 14.6. The summed E-state index contributed by atoms with van der Waals surface area (Å²) in [6, 6.07) is 2.22. The van der Waals surface area contributed by atoms with Gasteiger partial charge in [-0.25, -0.2) is 13.1 Å². The molecule has 1 aliphatic heterocycles. The summed E-state index contributed by atoms with van der Waals surface area (Å²) in [6.45, 7) is 5.77. The Morgan fingerprint density at radius 2 is 2.00 bits per heavy atom. The van der Waals surface area contributed by atoms with E-state index >= 15 is 0 Å². The van der Waals surface area contributed by atoms with Gasteiger partial charge in [0.25, 0.3) is 0 Å². The van der Waals surface area contributed by atoms with Crippen molar-refractivity contribution in [1.82, 2.24) is 14.9 Å². The molecule has 1 fully saturated rings. The average Bonchev–Trinajstić information content (AvgIpc) is 3.20. The number of alkyl halides is 1. The molecule has 0 radical (unpaired) electrons. The number of hydrogen-bond donors (Lipinski definition) is 2. The van der Waals surface area contributed by atoms with Crippen molar-refractivity contribution in [3.8, 4) is 0 Å². The number of ketones is 1. The number of Topliss-reactive ketones (excluding diaryl/α,β-unsaturated/α-hetero) is 1. The SMILES string of the molecule is CC[C@H](NCC[C@H](NS(=O)(=O)/C=C(\CI)c1ccc(Cl)s1)C(C)=O)C(=O)N1CCOCC1. The molecule has 1 aromatic rings. The van der Waals surface area contributed by atoms with Gasteiger partial charge in [-0.3, -0.25) is 9.59 Å². The molecule has 0 spiro atoms.